The summed E-state index contributed by atoms with van der Waals surface area (Å²) in [5.41, 5.74) is -1.35. The van der Waals surface area contributed by atoms with Crippen LogP contribution < -0.4 is 0 Å². The predicted octanol–water partition coefficient (Wildman–Crippen LogP) is 1.42. The van der Waals surface area contributed by atoms with Gasteiger partial charge in [0, 0.05) is 18.2 Å². The summed E-state index contributed by atoms with van der Waals surface area (Å²) in [6.07, 6.45) is 0. The van der Waals surface area contributed by atoms with E-state index in [1.807, 2.05) is 0 Å². The molecule has 0 spiro atoms. The molecule has 0 aliphatic heterocycles. The van der Waals surface area contributed by atoms with Crippen LogP contribution >= 0.6 is 0 Å². The number of hydrogen-bond donors (Lipinski definition) is 3. The molecule has 6 nitrogen and oxygen atoms in total. The molecule has 0 radical (unpaired) electrons. The van der Waals surface area contributed by atoms with Gasteiger partial charge >= 0.3 is 5.97 Å². The minimum absolute atomic E-state index is 0.0358. The van der Waals surface area contributed by atoms with Gasteiger partial charge in [-0.15, -0.1) is 0 Å². The van der Waals surface area contributed by atoms with Crippen LogP contribution in [0.15, 0.2) is 18.2 Å². The maximum atomic E-state index is 12.3. The SMILES string of the molecule is CCN(C(=O)c1cc(O)cc(O)c1)C(C)(C)C(=O)O. The molecular weight excluding hydrogens is 250 g/mol. The molecule has 1 amide bonds. The van der Waals surface area contributed by atoms with Crippen LogP contribution in [0.3, 0.4) is 0 Å². The third kappa shape index (κ3) is 2.96. The number of phenols is 2. The van der Waals surface area contributed by atoms with Gasteiger partial charge in [0.05, 0.1) is 0 Å². The monoisotopic (exact) mass is 267 g/mol. The Morgan fingerprint density at radius 2 is 1.63 bits per heavy atom. The minimum Gasteiger partial charge on any atom is -0.508 e. The number of nitrogens with zero attached hydrogens (tertiary/aromatic N) is 1. The summed E-state index contributed by atoms with van der Waals surface area (Å²) < 4.78 is 0. The second-order valence-electron chi connectivity index (χ2n) is 4.65. The van der Waals surface area contributed by atoms with E-state index in [1.54, 1.807) is 6.92 Å². The van der Waals surface area contributed by atoms with E-state index >= 15 is 0 Å². The Kier molecular flexibility index (Phi) is 4.04. The molecule has 0 aromatic heterocycles. The number of benzene rings is 1. The number of carboxylic acids is 1. The molecule has 0 aliphatic carbocycles. The minimum atomic E-state index is -1.38. The Hall–Kier alpha value is -2.24. The molecule has 0 heterocycles. The van der Waals surface area contributed by atoms with Crippen LogP contribution in [0.1, 0.15) is 31.1 Å². The van der Waals surface area contributed by atoms with E-state index in [2.05, 4.69) is 0 Å². The van der Waals surface area contributed by atoms with Gasteiger partial charge in [-0.1, -0.05) is 0 Å². The van der Waals surface area contributed by atoms with Crippen LogP contribution in [0.2, 0.25) is 0 Å². The molecule has 104 valence electrons. The summed E-state index contributed by atoms with van der Waals surface area (Å²) in [7, 11) is 0. The molecule has 0 unspecified atom stereocenters. The van der Waals surface area contributed by atoms with Crippen molar-refractivity contribution in [3.8, 4) is 11.5 Å². The van der Waals surface area contributed by atoms with Gasteiger partial charge in [-0.3, -0.25) is 4.79 Å². The van der Waals surface area contributed by atoms with Crippen LogP contribution in [0.4, 0.5) is 0 Å². The fourth-order valence-electron chi connectivity index (χ4n) is 1.78. The Labute approximate surface area is 110 Å². The van der Waals surface area contributed by atoms with E-state index in [4.69, 9.17) is 5.11 Å². The lowest BCUT2D eigenvalue weighted by molar-refractivity contribution is -0.147. The number of aliphatic carboxylic acids is 1. The Morgan fingerprint density at radius 1 is 1.16 bits per heavy atom. The summed E-state index contributed by atoms with van der Waals surface area (Å²) in [4.78, 5) is 24.6. The van der Waals surface area contributed by atoms with E-state index in [9.17, 15) is 19.8 Å². The summed E-state index contributed by atoms with van der Waals surface area (Å²) in [5, 5.41) is 27.9. The zero-order valence-corrected chi connectivity index (χ0v) is 11.0. The zero-order chi connectivity index (χ0) is 14.8. The molecule has 0 saturated heterocycles. The fourth-order valence-corrected chi connectivity index (χ4v) is 1.78. The first kappa shape index (κ1) is 14.8. The lowest BCUT2D eigenvalue weighted by Crippen LogP contribution is -2.52. The Bertz CT molecular complexity index is 490. The fraction of sp³-hybridized carbons (Fsp3) is 0.385. The molecule has 1 aromatic rings. The van der Waals surface area contributed by atoms with Crippen molar-refractivity contribution in [1.82, 2.24) is 4.90 Å². The molecule has 19 heavy (non-hydrogen) atoms. The molecule has 0 aliphatic rings. The zero-order valence-electron chi connectivity index (χ0n) is 11.0. The number of carbonyl (C=O) groups is 2. The van der Waals surface area contributed by atoms with Crippen LogP contribution in [-0.2, 0) is 4.79 Å². The van der Waals surface area contributed by atoms with Crippen LogP contribution in [-0.4, -0.2) is 44.2 Å². The number of aromatic hydroxyl groups is 2. The normalized spacial score (nSPS) is 11.1. The van der Waals surface area contributed by atoms with Crippen molar-refractivity contribution < 1.29 is 24.9 Å². The van der Waals surface area contributed by atoms with Gasteiger partial charge in [-0.25, -0.2) is 4.79 Å². The van der Waals surface area contributed by atoms with Crippen molar-refractivity contribution in [3.63, 3.8) is 0 Å². The molecular formula is C13H17NO5. The Balaban J connectivity index is 3.19. The van der Waals surface area contributed by atoms with Crippen molar-refractivity contribution in [1.29, 1.82) is 0 Å². The van der Waals surface area contributed by atoms with Gasteiger partial charge in [-0.2, -0.15) is 0 Å². The molecule has 1 aromatic carbocycles. The van der Waals surface area contributed by atoms with Crippen molar-refractivity contribution in [2.24, 2.45) is 0 Å². The van der Waals surface area contributed by atoms with Gasteiger partial charge in [0.2, 0.25) is 0 Å². The van der Waals surface area contributed by atoms with E-state index in [0.717, 1.165) is 11.0 Å². The van der Waals surface area contributed by atoms with Gasteiger partial charge in [0.25, 0.3) is 5.91 Å². The quantitative estimate of drug-likeness (QED) is 0.766. The molecule has 0 fully saturated rings. The Morgan fingerprint density at radius 3 is 2.00 bits per heavy atom. The second kappa shape index (κ2) is 5.17. The van der Waals surface area contributed by atoms with Crippen LogP contribution in [0, 0.1) is 0 Å². The molecule has 3 N–H and O–H groups in total. The first-order valence-corrected chi connectivity index (χ1v) is 5.78. The molecule has 0 bridgehead atoms. The number of hydrogen-bond acceptors (Lipinski definition) is 4. The molecule has 6 heteroatoms. The smallest absolute Gasteiger partial charge is 0.329 e. The number of amides is 1. The first-order chi connectivity index (χ1) is 8.70. The predicted molar refractivity (Wildman–Crippen MR) is 68.2 cm³/mol. The summed E-state index contributed by atoms with van der Waals surface area (Å²) in [6.45, 7) is 4.68. The lowest BCUT2D eigenvalue weighted by atomic mass is 10.0. The molecule has 0 atom stereocenters. The van der Waals surface area contributed by atoms with E-state index in [-0.39, 0.29) is 23.6 Å². The third-order valence-electron chi connectivity index (χ3n) is 2.91. The van der Waals surface area contributed by atoms with E-state index < -0.39 is 17.4 Å². The average Bonchev–Trinajstić information content (AvgIpc) is 2.27. The number of phenolic OH excluding ortho intramolecular Hbond substituents is 2. The highest BCUT2D eigenvalue weighted by Gasteiger charge is 2.37. The first-order valence-electron chi connectivity index (χ1n) is 5.78. The second-order valence-corrected chi connectivity index (χ2v) is 4.65. The van der Waals surface area contributed by atoms with Gasteiger partial charge in [-0.05, 0) is 32.9 Å². The van der Waals surface area contributed by atoms with E-state index in [1.165, 1.54) is 26.0 Å². The highest BCUT2D eigenvalue weighted by molar-refractivity contribution is 5.98. The maximum Gasteiger partial charge on any atom is 0.329 e. The summed E-state index contributed by atoms with van der Waals surface area (Å²) in [5.74, 6) is -2.21. The van der Waals surface area contributed by atoms with Crippen molar-refractivity contribution in [2.75, 3.05) is 6.54 Å². The molecule has 0 saturated carbocycles. The topological polar surface area (TPSA) is 98.1 Å². The van der Waals surface area contributed by atoms with Gasteiger partial charge < -0.3 is 20.2 Å². The number of carboxylic acid groups (broad SMARTS) is 1. The highest BCUT2D eigenvalue weighted by atomic mass is 16.4. The largest absolute Gasteiger partial charge is 0.508 e. The average molecular weight is 267 g/mol. The summed E-state index contributed by atoms with van der Waals surface area (Å²) in [6, 6.07) is 3.46. The number of likely N-dealkylation sites (N-methyl/N-ethyl adjacent to an activating group) is 1. The van der Waals surface area contributed by atoms with Crippen LogP contribution in [0.5, 0.6) is 11.5 Å². The number of carbonyl (C=O) groups excluding carboxylic acids is 1. The van der Waals surface area contributed by atoms with E-state index in [0.29, 0.717) is 0 Å². The van der Waals surface area contributed by atoms with Gasteiger partial charge in [0.1, 0.15) is 17.0 Å². The summed E-state index contributed by atoms with van der Waals surface area (Å²) >= 11 is 0. The van der Waals surface area contributed by atoms with Gasteiger partial charge in [0.15, 0.2) is 0 Å². The standard InChI is InChI=1S/C13H17NO5/c1-4-14(13(2,3)12(18)19)11(17)8-5-9(15)7-10(16)6-8/h5-7,15-16H,4H2,1-3H3,(H,18,19). The van der Waals surface area contributed by atoms with Crippen molar-refractivity contribution >= 4 is 11.9 Å². The maximum absolute atomic E-state index is 12.3. The number of rotatable bonds is 4. The van der Waals surface area contributed by atoms with Crippen LogP contribution in [0.25, 0.3) is 0 Å². The van der Waals surface area contributed by atoms with Crippen molar-refractivity contribution in [2.45, 2.75) is 26.3 Å². The third-order valence-corrected chi connectivity index (χ3v) is 2.91. The lowest BCUT2D eigenvalue weighted by Gasteiger charge is -2.34. The highest BCUT2D eigenvalue weighted by Crippen LogP contribution is 2.24. The molecule has 1 rings (SSSR count). The van der Waals surface area contributed by atoms with Crippen molar-refractivity contribution in [3.05, 3.63) is 23.8 Å².